The molecule has 2 aliphatic carbocycles. The molecule has 3 atom stereocenters. The van der Waals surface area contributed by atoms with Gasteiger partial charge < -0.3 is 14.8 Å². The molecular weight excluding hydrogens is 262 g/mol. The summed E-state index contributed by atoms with van der Waals surface area (Å²) in [6.07, 6.45) is 6.88. The predicted molar refractivity (Wildman–Crippen MR) is 82.7 cm³/mol. The molecule has 0 aromatic heterocycles. The summed E-state index contributed by atoms with van der Waals surface area (Å²) in [6.45, 7) is 3.63. The normalized spacial score (nSPS) is 30.4. The van der Waals surface area contributed by atoms with E-state index in [-0.39, 0.29) is 0 Å². The van der Waals surface area contributed by atoms with E-state index in [0.29, 0.717) is 0 Å². The molecule has 0 radical (unpaired) electrons. The lowest BCUT2D eigenvalue weighted by molar-refractivity contribution is 0.297. The third-order valence-electron chi connectivity index (χ3n) is 5.43. The average Bonchev–Trinajstić information content (AvgIpc) is 3.04. The van der Waals surface area contributed by atoms with Crippen LogP contribution in [0, 0.1) is 17.8 Å². The first kappa shape index (κ1) is 13.4. The van der Waals surface area contributed by atoms with Crippen LogP contribution in [0.4, 0.5) is 0 Å². The molecular formula is C18H25NO2. The van der Waals surface area contributed by atoms with Crippen LogP contribution in [-0.4, -0.2) is 19.8 Å². The van der Waals surface area contributed by atoms with Crippen molar-refractivity contribution in [2.45, 2.75) is 38.6 Å². The Labute approximate surface area is 127 Å². The van der Waals surface area contributed by atoms with Gasteiger partial charge >= 0.3 is 0 Å². The highest BCUT2D eigenvalue weighted by atomic mass is 16.5. The van der Waals surface area contributed by atoms with Gasteiger partial charge in [0.15, 0.2) is 11.5 Å². The maximum absolute atomic E-state index is 5.76. The molecule has 4 rings (SSSR count). The zero-order valence-electron chi connectivity index (χ0n) is 12.6. The molecule has 3 aliphatic rings. The molecule has 1 N–H and O–H groups in total. The van der Waals surface area contributed by atoms with Gasteiger partial charge in [-0.05, 0) is 61.3 Å². The number of hydrogen-bond acceptors (Lipinski definition) is 3. The van der Waals surface area contributed by atoms with Gasteiger partial charge in [-0.2, -0.15) is 0 Å². The average molecular weight is 287 g/mol. The van der Waals surface area contributed by atoms with Gasteiger partial charge in [0.05, 0.1) is 13.2 Å². The van der Waals surface area contributed by atoms with Crippen molar-refractivity contribution in [2.24, 2.45) is 17.8 Å². The number of fused-ring (bicyclic) bond motifs is 3. The second-order valence-electron chi connectivity index (χ2n) is 6.90. The summed E-state index contributed by atoms with van der Waals surface area (Å²) >= 11 is 0. The van der Waals surface area contributed by atoms with Crippen LogP contribution >= 0.6 is 0 Å². The smallest absolute Gasteiger partial charge is 0.161 e. The van der Waals surface area contributed by atoms with E-state index in [1.165, 1.54) is 37.8 Å². The lowest BCUT2D eigenvalue weighted by Crippen LogP contribution is -2.26. The summed E-state index contributed by atoms with van der Waals surface area (Å²) in [5, 5.41) is 3.65. The Kier molecular flexibility index (Phi) is 3.76. The van der Waals surface area contributed by atoms with E-state index in [2.05, 4.69) is 23.5 Å². The zero-order chi connectivity index (χ0) is 14.1. The standard InChI is InChI=1S/C18H25NO2/c1-6-20-17-5-3-14(10-18(17)21-7-1)11-19-12-16-9-13-2-4-15(16)8-13/h3,5,10,13,15-16,19H,1-2,4,6-9,11-12H2. The van der Waals surface area contributed by atoms with Gasteiger partial charge in [0.1, 0.15) is 0 Å². The van der Waals surface area contributed by atoms with Gasteiger partial charge in [-0.3, -0.25) is 0 Å². The third-order valence-corrected chi connectivity index (χ3v) is 5.43. The fourth-order valence-electron chi connectivity index (χ4n) is 4.35. The SMILES string of the molecule is c1cc2c(cc1CNCC1CC3CCC1C3)OCCCO2. The highest BCUT2D eigenvalue weighted by molar-refractivity contribution is 5.43. The molecule has 2 saturated carbocycles. The minimum absolute atomic E-state index is 0.759. The molecule has 114 valence electrons. The van der Waals surface area contributed by atoms with Gasteiger partial charge in [0, 0.05) is 13.0 Å². The minimum atomic E-state index is 0.759. The molecule has 1 aliphatic heterocycles. The number of benzene rings is 1. The molecule has 3 heteroatoms. The maximum Gasteiger partial charge on any atom is 0.161 e. The molecule has 1 aromatic carbocycles. The number of hydrogen-bond donors (Lipinski definition) is 1. The first-order valence-electron chi connectivity index (χ1n) is 8.48. The van der Waals surface area contributed by atoms with Gasteiger partial charge in [-0.25, -0.2) is 0 Å². The molecule has 0 amide bonds. The Hall–Kier alpha value is -1.22. The predicted octanol–water partition coefficient (Wildman–Crippen LogP) is 3.37. The lowest BCUT2D eigenvalue weighted by Gasteiger charge is -2.22. The van der Waals surface area contributed by atoms with Gasteiger partial charge in [0.25, 0.3) is 0 Å². The molecule has 3 nitrogen and oxygen atoms in total. The van der Waals surface area contributed by atoms with Crippen molar-refractivity contribution < 1.29 is 9.47 Å². The van der Waals surface area contributed by atoms with Crippen molar-refractivity contribution in [3.05, 3.63) is 23.8 Å². The van der Waals surface area contributed by atoms with Crippen molar-refractivity contribution in [3.8, 4) is 11.5 Å². The minimum Gasteiger partial charge on any atom is -0.490 e. The fraction of sp³-hybridized carbons (Fsp3) is 0.667. The molecule has 0 saturated heterocycles. The van der Waals surface area contributed by atoms with E-state index in [4.69, 9.17) is 9.47 Å². The van der Waals surface area contributed by atoms with Crippen molar-refractivity contribution in [1.29, 1.82) is 0 Å². The summed E-state index contributed by atoms with van der Waals surface area (Å²) < 4.78 is 11.4. The van der Waals surface area contributed by atoms with Crippen LogP contribution in [0.5, 0.6) is 11.5 Å². The van der Waals surface area contributed by atoms with Gasteiger partial charge in [-0.1, -0.05) is 12.5 Å². The van der Waals surface area contributed by atoms with E-state index < -0.39 is 0 Å². The fourth-order valence-corrected chi connectivity index (χ4v) is 4.35. The van der Waals surface area contributed by atoms with Crippen molar-refractivity contribution in [2.75, 3.05) is 19.8 Å². The van der Waals surface area contributed by atoms with Crippen molar-refractivity contribution in [3.63, 3.8) is 0 Å². The summed E-state index contributed by atoms with van der Waals surface area (Å²) in [4.78, 5) is 0. The molecule has 0 spiro atoms. The van der Waals surface area contributed by atoms with Crippen LogP contribution in [0.3, 0.4) is 0 Å². The highest BCUT2D eigenvalue weighted by Crippen LogP contribution is 2.47. The Morgan fingerprint density at radius 2 is 1.95 bits per heavy atom. The quantitative estimate of drug-likeness (QED) is 0.921. The van der Waals surface area contributed by atoms with Crippen molar-refractivity contribution >= 4 is 0 Å². The molecule has 3 unspecified atom stereocenters. The second kappa shape index (κ2) is 5.88. The summed E-state index contributed by atoms with van der Waals surface area (Å²) in [7, 11) is 0. The topological polar surface area (TPSA) is 30.5 Å². The molecule has 1 aromatic rings. The molecule has 2 fully saturated rings. The Balaban J connectivity index is 1.32. The largest absolute Gasteiger partial charge is 0.490 e. The van der Waals surface area contributed by atoms with E-state index in [0.717, 1.165) is 55.4 Å². The van der Waals surface area contributed by atoms with E-state index >= 15 is 0 Å². The first-order valence-corrected chi connectivity index (χ1v) is 8.48. The van der Waals surface area contributed by atoms with Gasteiger partial charge in [-0.15, -0.1) is 0 Å². The van der Waals surface area contributed by atoms with E-state index in [9.17, 15) is 0 Å². The molecule has 2 bridgehead atoms. The number of ether oxygens (including phenoxy) is 2. The van der Waals surface area contributed by atoms with Crippen LogP contribution in [0.2, 0.25) is 0 Å². The zero-order valence-corrected chi connectivity index (χ0v) is 12.6. The summed E-state index contributed by atoms with van der Waals surface area (Å²) in [5.74, 6) is 4.77. The van der Waals surface area contributed by atoms with Crippen molar-refractivity contribution in [1.82, 2.24) is 5.32 Å². The highest BCUT2D eigenvalue weighted by Gasteiger charge is 2.38. The van der Waals surface area contributed by atoms with Crippen LogP contribution in [0.1, 0.15) is 37.7 Å². The summed E-state index contributed by atoms with van der Waals surface area (Å²) in [6, 6.07) is 6.34. The van der Waals surface area contributed by atoms with E-state index in [1.807, 2.05) is 0 Å². The van der Waals surface area contributed by atoms with Crippen LogP contribution in [-0.2, 0) is 6.54 Å². The van der Waals surface area contributed by atoms with Crippen LogP contribution in [0.15, 0.2) is 18.2 Å². The van der Waals surface area contributed by atoms with Gasteiger partial charge in [0.2, 0.25) is 0 Å². The Bertz CT molecular complexity index is 502. The van der Waals surface area contributed by atoms with Crippen LogP contribution < -0.4 is 14.8 Å². The number of rotatable bonds is 4. The monoisotopic (exact) mass is 287 g/mol. The summed E-state index contributed by atoms with van der Waals surface area (Å²) in [5.41, 5.74) is 1.29. The van der Waals surface area contributed by atoms with E-state index in [1.54, 1.807) is 0 Å². The molecule has 21 heavy (non-hydrogen) atoms. The Morgan fingerprint density at radius 1 is 1.05 bits per heavy atom. The lowest BCUT2D eigenvalue weighted by atomic mass is 9.89. The Morgan fingerprint density at radius 3 is 2.76 bits per heavy atom. The third kappa shape index (κ3) is 2.89. The second-order valence-corrected chi connectivity index (χ2v) is 6.90. The maximum atomic E-state index is 5.76. The molecule has 1 heterocycles. The first-order chi connectivity index (χ1) is 10.4. The van der Waals surface area contributed by atoms with Crippen LogP contribution in [0.25, 0.3) is 0 Å². The number of nitrogens with one attached hydrogen (secondary N) is 1.